The first-order valence-corrected chi connectivity index (χ1v) is 9.48. The molecule has 0 radical (unpaired) electrons. The molecule has 3 heterocycles. The molecule has 1 unspecified atom stereocenters. The SMILES string of the molecule is O=C(C1CCN(CC(O)Cn2cccn2)CC1)N1CCc2ccccc21. The van der Waals surface area contributed by atoms with Crippen LogP contribution in [0.4, 0.5) is 5.69 Å². The van der Waals surface area contributed by atoms with E-state index in [0.717, 1.165) is 44.6 Å². The third-order valence-electron chi connectivity index (χ3n) is 5.52. The second-order valence-electron chi connectivity index (χ2n) is 7.33. The number of likely N-dealkylation sites (tertiary alicyclic amines) is 1. The largest absolute Gasteiger partial charge is 0.390 e. The Morgan fingerprint density at radius 2 is 1.96 bits per heavy atom. The van der Waals surface area contributed by atoms with Crippen LogP contribution in [0, 0.1) is 5.92 Å². The number of anilines is 1. The Morgan fingerprint density at radius 3 is 2.73 bits per heavy atom. The lowest BCUT2D eigenvalue weighted by atomic mass is 9.95. The number of carbonyl (C=O) groups excluding carboxylic acids is 1. The van der Waals surface area contributed by atoms with E-state index in [-0.39, 0.29) is 11.8 Å². The number of piperidine rings is 1. The Morgan fingerprint density at radius 1 is 1.15 bits per heavy atom. The van der Waals surface area contributed by atoms with Crippen LogP contribution in [0.5, 0.6) is 0 Å². The molecule has 1 fully saturated rings. The molecule has 26 heavy (non-hydrogen) atoms. The van der Waals surface area contributed by atoms with Gasteiger partial charge in [-0.1, -0.05) is 18.2 Å². The summed E-state index contributed by atoms with van der Waals surface area (Å²) in [4.78, 5) is 17.2. The van der Waals surface area contributed by atoms with Crippen molar-refractivity contribution < 1.29 is 9.90 Å². The number of β-amino-alcohol motifs (C(OH)–C–C–N with tert-alkyl or cyclic N) is 1. The van der Waals surface area contributed by atoms with Crippen molar-refractivity contribution in [1.82, 2.24) is 14.7 Å². The summed E-state index contributed by atoms with van der Waals surface area (Å²) in [6, 6.07) is 10.1. The number of para-hydroxylation sites is 1. The summed E-state index contributed by atoms with van der Waals surface area (Å²) in [7, 11) is 0. The molecule has 138 valence electrons. The van der Waals surface area contributed by atoms with Crippen molar-refractivity contribution in [2.24, 2.45) is 5.92 Å². The molecule has 0 saturated carbocycles. The van der Waals surface area contributed by atoms with Crippen molar-refractivity contribution in [2.75, 3.05) is 31.1 Å². The lowest BCUT2D eigenvalue weighted by molar-refractivity contribution is -0.123. The molecule has 0 bridgehead atoms. The van der Waals surface area contributed by atoms with Gasteiger partial charge in [0.25, 0.3) is 0 Å². The number of aromatic nitrogens is 2. The summed E-state index contributed by atoms with van der Waals surface area (Å²) >= 11 is 0. The van der Waals surface area contributed by atoms with Crippen molar-refractivity contribution in [2.45, 2.75) is 31.9 Å². The molecule has 6 nitrogen and oxygen atoms in total. The van der Waals surface area contributed by atoms with Gasteiger partial charge < -0.3 is 14.9 Å². The van der Waals surface area contributed by atoms with Crippen LogP contribution < -0.4 is 4.90 Å². The number of aliphatic hydroxyl groups excluding tert-OH is 1. The van der Waals surface area contributed by atoms with E-state index >= 15 is 0 Å². The van der Waals surface area contributed by atoms with Crippen LogP contribution >= 0.6 is 0 Å². The van der Waals surface area contributed by atoms with Gasteiger partial charge in [0.05, 0.1) is 12.6 Å². The molecule has 2 aliphatic rings. The first-order chi connectivity index (χ1) is 12.7. The molecule has 1 aromatic carbocycles. The first kappa shape index (κ1) is 17.2. The van der Waals surface area contributed by atoms with Gasteiger partial charge in [0, 0.05) is 37.1 Å². The fraction of sp³-hybridized carbons (Fsp3) is 0.500. The van der Waals surface area contributed by atoms with E-state index in [4.69, 9.17) is 0 Å². The lowest BCUT2D eigenvalue weighted by Gasteiger charge is -2.34. The maximum atomic E-state index is 13.0. The van der Waals surface area contributed by atoms with Crippen LogP contribution in [0.2, 0.25) is 0 Å². The van der Waals surface area contributed by atoms with E-state index < -0.39 is 6.10 Å². The highest BCUT2D eigenvalue weighted by Gasteiger charge is 2.32. The maximum absolute atomic E-state index is 13.0. The van der Waals surface area contributed by atoms with Crippen LogP contribution in [0.3, 0.4) is 0 Å². The minimum absolute atomic E-state index is 0.0978. The molecule has 6 heteroatoms. The van der Waals surface area contributed by atoms with Gasteiger partial charge in [-0.3, -0.25) is 9.48 Å². The van der Waals surface area contributed by atoms with Crippen LogP contribution in [-0.4, -0.2) is 58.0 Å². The summed E-state index contributed by atoms with van der Waals surface area (Å²) in [6.45, 7) is 3.68. The predicted molar refractivity (Wildman–Crippen MR) is 99.9 cm³/mol. The monoisotopic (exact) mass is 354 g/mol. The van der Waals surface area contributed by atoms with E-state index in [2.05, 4.69) is 22.1 Å². The van der Waals surface area contributed by atoms with Crippen LogP contribution in [0.1, 0.15) is 18.4 Å². The Kier molecular flexibility index (Phi) is 5.04. The van der Waals surface area contributed by atoms with E-state index in [9.17, 15) is 9.90 Å². The van der Waals surface area contributed by atoms with Crippen LogP contribution in [-0.2, 0) is 17.8 Å². The number of fused-ring (bicyclic) bond motifs is 1. The van der Waals surface area contributed by atoms with Gasteiger partial charge in [-0.25, -0.2) is 0 Å². The predicted octanol–water partition coefficient (Wildman–Crippen LogP) is 1.55. The minimum atomic E-state index is -0.437. The molecule has 2 aromatic rings. The number of amides is 1. The average Bonchev–Trinajstić information content (AvgIpc) is 3.31. The number of aliphatic hydroxyl groups is 1. The zero-order valence-electron chi connectivity index (χ0n) is 15.0. The quantitative estimate of drug-likeness (QED) is 0.885. The Hall–Kier alpha value is -2.18. The number of rotatable bonds is 5. The standard InChI is InChI=1S/C20H26N4O2/c25-18(15-23-10-3-9-21-23)14-22-11-6-17(7-12-22)20(26)24-13-8-16-4-1-2-5-19(16)24/h1-5,9-10,17-18,25H,6-8,11-15H2. The van der Waals surface area contributed by atoms with E-state index in [0.29, 0.717) is 13.1 Å². The van der Waals surface area contributed by atoms with Crippen molar-refractivity contribution in [1.29, 1.82) is 0 Å². The van der Waals surface area contributed by atoms with E-state index in [1.54, 1.807) is 10.9 Å². The number of nitrogens with zero attached hydrogens (tertiary/aromatic N) is 4. The third kappa shape index (κ3) is 3.66. The zero-order chi connectivity index (χ0) is 17.9. The Bertz CT molecular complexity index is 738. The minimum Gasteiger partial charge on any atom is -0.390 e. The van der Waals surface area contributed by atoms with E-state index in [1.807, 2.05) is 29.3 Å². The average molecular weight is 354 g/mol. The van der Waals surface area contributed by atoms with Crippen molar-refractivity contribution in [3.05, 3.63) is 48.3 Å². The smallest absolute Gasteiger partial charge is 0.230 e. The number of hydrogen-bond acceptors (Lipinski definition) is 4. The molecule has 1 amide bonds. The topological polar surface area (TPSA) is 61.6 Å². The number of benzene rings is 1. The Labute approximate surface area is 154 Å². The summed E-state index contributed by atoms with van der Waals surface area (Å²) in [6.07, 6.45) is 5.84. The highest BCUT2D eigenvalue weighted by atomic mass is 16.3. The number of carbonyl (C=O) groups is 1. The normalized spacial score (nSPS) is 19.5. The Balaban J connectivity index is 1.28. The number of hydrogen-bond donors (Lipinski definition) is 1. The first-order valence-electron chi connectivity index (χ1n) is 9.48. The molecule has 1 saturated heterocycles. The third-order valence-corrected chi connectivity index (χ3v) is 5.52. The highest BCUT2D eigenvalue weighted by molar-refractivity contribution is 5.97. The van der Waals surface area contributed by atoms with Crippen molar-refractivity contribution in [3.63, 3.8) is 0 Å². The fourth-order valence-corrected chi connectivity index (χ4v) is 4.13. The molecule has 1 aromatic heterocycles. The van der Waals surface area contributed by atoms with Gasteiger partial charge in [0.15, 0.2) is 0 Å². The maximum Gasteiger partial charge on any atom is 0.230 e. The zero-order valence-corrected chi connectivity index (χ0v) is 15.0. The van der Waals surface area contributed by atoms with Gasteiger partial charge >= 0.3 is 0 Å². The summed E-state index contributed by atoms with van der Waals surface area (Å²) < 4.78 is 1.76. The lowest BCUT2D eigenvalue weighted by Crippen LogP contribution is -2.44. The van der Waals surface area contributed by atoms with Crippen LogP contribution in [0.25, 0.3) is 0 Å². The summed E-state index contributed by atoms with van der Waals surface area (Å²) in [5, 5.41) is 14.4. The van der Waals surface area contributed by atoms with E-state index in [1.165, 1.54) is 5.56 Å². The molecule has 0 spiro atoms. The molecular weight excluding hydrogens is 328 g/mol. The molecule has 0 aliphatic carbocycles. The van der Waals surface area contributed by atoms with Gasteiger partial charge in [0.2, 0.25) is 5.91 Å². The van der Waals surface area contributed by atoms with Gasteiger partial charge in [0.1, 0.15) is 0 Å². The van der Waals surface area contributed by atoms with Gasteiger partial charge in [-0.15, -0.1) is 0 Å². The second-order valence-corrected chi connectivity index (χ2v) is 7.33. The summed E-state index contributed by atoms with van der Waals surface area (Å²) in [5.41, 5.74) is 2.37. The van der Waals surface area contributed by atoms with Gasteiger partial charge in [-0.2, -0.15) is 5.10 Å². The van der Waals surface area contributed by atoms with Gasteiger partial charge in [-0.05, 0) is 50.0 Å². The molecule has 4 rings (SSSR count). The molecule has 1 N–H and O–H groups in total. The molecule has 2 aliphatic heterocycles. The molecular formula is C20H26N4O2. The fourth-order valence-electron chi connectivity index (χ4n) is 4.13. The van der Waals surface area contributed by atoms with Crippen molar-refractivity contribution in [3.8, 4) is 0 Å². The summed E-state index contributed by atoms with van der Waals surface area (Å²) in [5.74, 6) is 0.368. The van der Waals surface area contributed by atoms with Crippen molar-refractivity contribution >= 4 is 11.6 Å². The highest BCUT2D eigenvalue weighted by Crippen LogP contribution is 2.31. The molecule has 1 atom stereocenters. The second kappa shape index (κ2) is 7.60. The van der Waals surface area contributed by atoms with Crippen LogP contribution in [0.15, 0.2) is 42.7 Å².